The summed E-state index contributed by atoms with van der Waals surface area (Å²) in [5.74, 6) is 0.353. The Labute approximate surface area is 176 Å². The van der Waals surface area contributed by atoms with Crippen LogP contribution in [0.1, 0.15) is 22.3 Å². The van der Waals surface area contributed by atoms with Crippen LogP contribution in [0, 0.1) is 20.8 Å². The monoisotopic (exact) mass is 406 g/mol. The molecule has 1 N–H and O–H groups in total. The zero-order valence-corrected chi connectivity index (χ0v) is 17.5. The van der Waals surface area contributed by atoms with Gasteiger partial charge in [-0.2, -0.15) is 0 Å². The van der Waals surface area contributed by atoms with Gasteiger partial charge in [-0.05, 0) is 73.4 Å². The molecule has 3 aromatic rings. The van der Waals surface area contributed by atoms with E-state index in [-0.39, 0.29) is 12.5 Å². The SMILES string of the molecule is Cc1ccc(C)c(N=Cc2cccc(OCC(=O)Nc3ccc(C)c(Cl)c3)c2)c1. The van der Waals surface area contributed by atoms with Crippen molar-refractivity contribution in [1.82, 2.24) is 0 Å². The van der Waals surface area contributed by atoms with Crippen molar-refractivity contribution in [2.24, 2.45) is 4.99 Å². The summed E-state index contributed by atoms with van der Waals surface area (Å²) in [5.41, 5.74) is 5.72. The van der Waals surface area contributed by atoms with Crippen molar-refractivity contribution in [2.75, 3.05) is 11.9 Å². The second-order valence-electron chi connectivity index (χ2n) is 6.92. The van der Waals surface area contributed by atoms with Crippen LogP contribution in [0.5, 0.6) is 5.75 Å². The molecule has 0 fully saturated rings. The molecule has 0 aliphatic rings. The fourth-order valence-corrected chi connectivity index (χ4v) is 2.88. The average molecular weight is 407 g/mol. The Kier molecular flexibility index (Phi) is 6.68. The topological polar surface area (TPSA) is 50.7 Å². The number of ether oxygens (including phenoxy) is 1. The van der Waals surface area contributed by atoms with Crippen molar-refractivity contribution < 1.29 is 9.53 Å². The van der Waals surface area contributed by atoms with E-state index in [1.807, 2.05) is 63.2 Å². The van der Waals surface area contributed by atoms with Crippen molar-refractivity contribution in [1.29, 1.82) is 0 Å². The molecule has 0 aromatic heterocycles. The summed E-state index contributed by atoms with van der Waals surface area (Å²) in [6, 6.07) is 19.0. The number of anilines is 1. The molecule has 1 amide bonds. The average Bonchev–Trinajstić information content (AvgIpc) is 2.70. The third-order valence-corrected chi connectivity index (χ3v) is 4.81. The Morgan fingerprint density at radius 2 is 1.83 bits per heavy atom. The van der Waals surface area contributed by atoms with Gasteiger partial charge in [-0.25, -0.2) is 0 Å². The quantitative estimate of drug-likeness (QED) is 0.508. The first-order valence-corrected chi connectivity index (χ1v) is 9.69. The maximum absolute atomic E-state index is 12.1. The van der Waals surface area contributed by atoms with Crippen LogP contribution in [0.15, 0.2) is 65.7 Å². The lowest BCUT2D eigenvalue weighted by atomic mass is 10.1. The molecule has 3 rings (SSSR count). The number of halogens is 1. The van der Waals surface area contributed by atoms with Crippen LogP contribution in [0.4, 0.5) is 11.4 Å². The molecule has 0 saturated carbocycles. The Hall–Kier alpha value is -3.11. The summed E-state index contributed by atoms with van der Waals surface area (Å²) in [6.45, 7) is 5.89. The molecule has 0 spiro atoms. The van der Waals surface area contributed by atoms with E-state index >= 15 is 0 Å². The number of hydrogen-bond donors (Lipinski definition) is 1. The number of benzene rings is 3. The summed E-state index contributed by atoms with van der Waals surface area (Å²) in [6.07, 6.45) is 1.79. The summed E-state index contributed by atoms with van der Waals surface area (Å²) < 4.78 is 5.62. The molecule has 5 heteroatoms. The van der Waals surface area contributed by atoms with Crippen molar-refractivity contribution in [3.05, 3.63) is 87.9 Å². The van der Waals surface area contributed by atoms with Gasteiger partial charge in [-0.1, -0.05) is 41.9 Å². The standard InChI is InChI=1S/C24H23ClN2O2/c1-16-7-8-18(3)23(11-16)26-14-19-5-4-6-21(12-19)29-15-24(28)27-20-10-9-17(2)22(25)13-20/h4-14H,15H2,1-3H3,(H,27,28). The van der Waals surface area contributed by atoms with Crippen LogP contribution >= 0.6 is 11.6 Å². The molecule has 0 radical (unpaired) electrons. The highest BCUT2D eigenvalue weighted by atomic mass is 35.5. The lowest BCUT2D eigenvalue weighted by Gasteiger charge is -2.09. The number of nitrogens with zero attached hydrogens (tertiary/aromatic N) is 1. The Bertz CT molecular complexity index is 1060. The highest BCUT2D eigenvalue weighted by Crippen LogP contribution is 2.21. The number of nitrogens with one attached hydrogen (secondary N) is 1. The smallest absolute Gasteiger partial charge is 0.262 e. The van der Waals surface area contributed by atoms with Gasteiger partial charge in [0.1, 0.15) is 5.75 Å². The molecule has 0 bridgehead atoms. The van der Waals surface area contributed by atoms with Crippen LogP contribution in [0.2, 0.25) is 5.02 Å². The van der Waals surface area contributed by atoms with Gasteiger partial charge in [0.05, 0.1) is 5.69 Å². The summed E-state index contributed by atoms with van der Waals surface area (Å²) >= 11 is 6.09. The van der Waals surface area contributed by atoms with Crippen molar-refractivity contribution >= 4 is 35.1 Å². The number of aliphatic imine (C=N–C) groups is 1. The summed E-state index contributed by atoms with van der Waals surface area (Å²) in [4.78, 5) is 16.7. The molecule has 148 valence electrons. The Balaban J connectivity index is 1.60. The third kappa shape index (κ3) is 5.93. The maximum Gasteiger partial charge on any atom is 0.262 e. The van der Waals surface area contributed by atoms with Gasteiger partial charge in [0.2, 0.25) is 0 Å². The van der Waals surface area contributed by atoms with Gasteiger partial charge in [-0.15, -0.1) is 0 Å². The van der Waals surface area contributed by atoms with Crippen molar-refractivity contribution in [2.45, 2.75) is 20.8 Å². The summed E-state index contributed by atoms with van der Waals surface area (Å²) in [7, 11) is 0. The van der Waals surface area contributed by atoms with Crippen LogP contribution in [-0.2, 0) is 4.79 Å². The molecule has 0 heterocycles. The third-order valence-electron chi connectivity index (χ3n) is 4.40. The van der Waals surface area contributed by atoms with E-state index in [0.29, 0.717) is 16.5 Å². The molecular formula is C24H23ClN2O2. The zero-order valence-electron chi connectivity index (χ0n) is 16.7. The second-order valence-corrected chi connectivity index (χ2v) is 7.33. The van der Waals surface area contributed by atoms with Crippen LogP contribution < -0.4 is 10.1 Å². The van der Waals surface area contributed by atoms with Crippen LogP contribution in [0.3, 0.4) is 0 Å². The van der Waals surface area contributed by atoms with E-state index < -0.39 is 0 Å². The van der Waals surface area contributed by atoms with Crippen molar-refractivity contribution in [3.63, 3.8) is 0 Å². The normalized spacial score (nSPS) is 10.9. The first kappa shape index (κ1) is 20.6. The second kappa shape index (κ2) is 9.39. The molecule has 0 saturated heterocycles. The minimum atomic E-state index is -0.251. The van der Waals surface area contributed by atoms with E-state index in [9.17, 15) is 4.79 Å². The molecule has 0 atom stereocenters. The molecule has 4 nitrogen and oxygen atoms in total. The first-order chi connectivity index (χ1) is 13.9. The fourth-order valence-electron chi connectivity index (χ4n) is 2.70. The molecule has 3 aromatic carbocycles. The zero-order chi connectivity index (χ0) is 20.8. The largest absolute Gasteiger partial charge is 0.484 e. The molecule has 0 aliphatic heterocycles. The van der Waals surface area contributed by atoms with Gasteiger partial charge in [0.25, 0.3) is 5.91 Å². The Morgan fingerprint density at radius 1 is 1.03 bits per heavy atom. The van der Waals surface area contributed by atoms with Gasteiger partial charge in [-0.3, -0.25) is 9.79 Å². The molecule has 0 unspecified atom stereocenters. The van der Waals surface area contributed by atoms with E-state index in [1.54, 1.807) is 12.3 Å². The van der Waals surface area contributed by atoms with Crippen LogP contribution in [-0.4, -0.2) is 18.7 Å². The highest BCUT2D eigenvalue weighted by molar-refractivity contribution is 6.31. The first-order valence-electron chi connectivity index (χ1n) is 9.31. The van der Waals surface area contributed by atoms with E-state index in [0.717, 1.165) is 22.4 Å². The number of carbonyl (C=O) groups excluding carboxylic acids is 1. The van der Waals surface area contributed by atoms with E-state index in [4.69, 9.17) is 16.3 Å². The number of amides is 1. The lowest BCUT2D eigenvalue weighted by molar-refractivity contribution is -0.118. The minimum Gasteiger partial charge on any atom is -0.484 e. The van der Waals surface area contributed by atoms with Gasteiger partial charge < -0.3 is 10.1 Å². The lowest BCUT2D eigenvalue weighted by Crippen LogP contribution is -2.20. The number of rotatable bonds is 6. The number of aryl methyl sites for hydroxylation is 3. The van der Waals surface area contributed by atoms with Gasteiger partial charge >= 0.3 is 0 Å². The van der Waals surface area contributed by atoms with E-state index in [1.165, 1.54) is 5.56 Å². The van der Waals surface area contributed by atoms with Crippen LogP contribution in [0.25, 0.3) is 0 Å². The minimum absolute atomic E-state index is 0.0942. The predicted molar refractivity (Wildman–Crippen MR) is 120 cm³/mol. The number of hydrogen-bond acceptors (Lipinski definition) is 3. The number of carbonyl (C=O) groups is 1. The fraction of sp³-hybridized carbons (Fsp3) is 0.167. The Morgan fingerprint density at radius 3 is 2.62 bits per heavy atom. The maximum atomic E-state index is 12.1. The summed E-state index contributed by atoms with van der Waals surface area (Å²) in [5, 5.41) is 3.39. The molecular weight excluding hydrogens is 384 g/mol. The van der Waals surface area contributed by atoms with Crippen molar-refractivity contribution in [3.8, 4) is 5.75 Å². The van der Waals surface area contributed by atoms with Gasteiger partial charge in [0.15, 0.2) is 6.61 Å². The molecule has 29 heavy (non-hydrogen) atoms. The van der Waals surface area contributed by atoms with E-state index in [2.05, 4.69) is 22.4 Å². The van der Waals surface area contributed by atoms with Gasteiger partial charge in [0, 0.05) is 16.9 Å². The molecule has 0 aliphatic carbocycles. The predicted octanol–water partition coefficient (Wildman–Crippen LogP) is 6.03. The highest BCUT2D eigenvalue weighted by Gasteiger charge is 2.06.